The van der Waals surface area contributed by atoms with Crippen molar-refractivity contribution in [1.82, 2.24) is 9.55 Å². The molecular weight excluding hydrogens is 363 g/mol. The summed E-state index contributed by atoms with van der Waals surface area (Å²) < 4.78 is 6.84. The number of amides is 1. The van der Waals surface area contributed by atoms with Crippen LogP contribution >= 0.6 is 23.2 Å². The summed E-state index contributed by atoms with van der Waals surface area (Å²) >= 11 is 11.9. The standard InChI is InChI=1S/C17H14Cl2N4O2/c1-25-13-5-3-12(4-6-13)22-9-15(21-10-22)17(24)23(20)16-7-2-11(18)8-14(16)19/h2-10H,20H2,1H3. The number of benzene rings is 2. The first-order chi connectivity index (χ1) is 12.0. The monoisotopic (exact) mass is 376 g/mol. The summed E-state index contributed by atoms with van der Waals surface area (Å²) in [5.74, 6) is 6.15. The minimum Gasteiger partial charge on any atom is -0.497 e. The molecule has 25 heavy (non-hydrogen) atoms. The Morgan fingerprint density at radius 1 is 1.20 bits per heavy atom. The lowest BCUT2D eigenvalue weighted by Crippen LogP contribution is -2.37. The summed E-state index contributed by atoms with van der Waals surface area (Å²) in [6.07, 6.45) is 3.13. The molecule has 0 fully saturated rings. The molecule has 0 aliphatic rings. The zero-order chi connectivity index (χ0) is 18.0. The normalized spacial score (nSPS) is 10.6. The zero-order valence-electron chi connectivity index (χ0n) is 13.2. The zero-order valence-corrected chi connectivity index (χ0v) is 14.7. The van der Waals surface area contributed by atoms with Crippen LogP contribution in [-0.2, 0) is 0 Å². The van der Waals surface area contributed by atoms with Crippen LogP contribution in [0.3, 0.4) is 0 Å². The van der Waals surface area contributed by atoms with Gasteiger partial charge in [-0.05, 0) is 42.5 Å². The molecule has 0 aliphatic heterocycles. The second-order valence-electron chi connectivity index (χ2n) is 5.14. The van der Waals surface area contributed by atoms with Gasteiger partial charge in [-0.2, -0.15) is 0 Å². The molecule has 3 aromatic rings. The van der Waals surface area contributed by atoms with Crippen LogP contribution in [-0.4, -0.2) is 22.6 Å². The maximum atomic E-state index is 12.5. The van der Waals surface area contributed by atoms with E-state index in [1.807, 2.05) is 24.3 Å². The van der Waals surface area contributed by atoms with Crippen molar-refractivity contribution in [2.24, 2.45) is 5.84 Å². The Morgan fingerprint density at radius 3 is 2.56 bits per heavy atom. The van der Waals surface area contributed by atoms with Gasteiger partial charge in [0.05, 0.1) is 17.8 Å². The van der Waals surface area contributed by atoms with E-state index in [1.165, 1.54) is 12.4 Å². The molecule has 0 saturated heterocycles. The molecule has 3 rings (SSSR count). The number of hydrazine groups is 1. The SMILES string of the molecule is COc1ccc(-n2cnc(C(=O)N(N)c3ccc(Cl)cc3Cl)c2)cc1. The van der Waals surface area contributed by atoms with Crippen LogP contribution in [0.2, 0.25) is 10.0 Å². The molecule has 1 amide bonds. The van der Waals surface area contributed by atoms with E-state index in [2.05, 4.69) is 4.98 Å². The van der Waals surface area contributed by atoms with Gasteiger partial charge in [-0.25, -0.2) is 15.8 Å². The summed E-state index contributed by atoms with van der Waals surface area (Å²) in [5.41, 5.74) is 1.36. The van der Waals surface area contributed by atoms with E-state index in [1.54, 1.807) is 30.0 Å². The topological polar surface area (TPSA) is 73.4 Å². The van der Waals surface area contributed by atoms with Crippen molar-refractivity contribution < 1.29 is 9.53 Å². The second kappa shape index (κ2) is 7.14. The predicted octanol–water partition coefficient (Wildman–Crippen LogP) is 3.71. The first-order valence-electron chi connectivity index (χ1n) is 7.22. The Labute approximate surface area is 154 Å². The van der Waals surface area contributed by atoms with Gasteiger partial charge in [0.2, 0.25) is 0 Å². The number of carbonyl (C=O) groups is 1. The number of hydrogen-bond donors (Lipinski definition) is 1. The number of carbonyl (C=O) groups excluding carboxylic acids is 1. The Kier molecular flexibility index (Phi) is 4.94. The van der Waals surface area contributed by atoms with E-state index in [0.29, 0.717) is 10.7 Å². The van der Waals surface area contributed by atoms with E-state index in [9.17, 15) is 4.79 Å². The number of anilines is 1. The Morgan fingerprint density at radius 2 is 1.92 bits per heavy atom. The highest BCUT2D eigenvalue weighted by Gasteiger charge is 2.19. The van der Waals surface area contributed by atoms with Gasteiger partial charge in [-0.1, -0.05) is 23.2 Å². The van der Waals surface area contributed by atoms with Crippen molar-refractivity contribution in [2.45, 2.75) is 0 Å². The highest BCUT2D eigenvalue weighted by Crippen LogP contribution is 2.28. The van der Waals surface area contributed by atoms with Crippen LogP contribution in [0, 0.1) is 0 Å². The molecule has 0 atom stereocenters. The summed E-state index contributed by atoms with van der Waals surface area (Å²) in [7, 11) is 1.60. The fourth-order valence-electron chi connectivity index (χ4n) is 2.24. The van der Waals surface area contributed by atoms with Crippen LogP contribution in [0.5, 0.6) is 5.75 Å². The summed E-state index contributed by atoms with van der Waals surface area (Å²) in [6, 6.07) is 12.0. The van der Waals surface area contributed by atoms with Crippen LogP contribution in [0.1, 0.15) is 10.5 Å². The third-order valence-corrected chi connectivity index (χ3v) is 4.10. The Bertz CT molecular complexity index is 909. The minimum atomic E-state index is -0.489. The molecule has 2 aromatic carbocycles. The molecule has 0 spiro atoms. The van der Waals surface area contributed by atoms with Gasteiger partial charge in [0.15, 0.2) is 0 Å². The molecular formula is C17H14Cl2N4O2. The van der Waals surface area contributed by atoms with Crippen molar-refractivity contribution in [3.8, 4) is 11.4 Å². The van der Waals surface area contributed by atoms with E-state index >= 15 is 0 Å². The molecule has 1 heterocycles. The number of rotatable bonds is 4. The van der Waals surface area contributed by atoms with E-state index < -0.39 is 5.91 Å². The molecule has 6 nitrogen and oxygen atoms in total. The fourth-order valence-corrected chi connectivity index (χ4v) is 2.74. The number of ether oxygens (including phenoxy) is 1. The lowest BCUT2D eigenvalue weighted by atomic mass is 10.3. The molecule has 0 saturated carbocycles. The molecule has 0 unspecified atom stereocenters. The van der Waals surface area contributed by atoms with E-state index in [0.717, 1.165) is 16.4 Å². The lowest BCUT2D eigenvalue weighted by molar-refractivity contribution is 0.0982. The van der Waals surface area contributed by atoms with Gasteiger partial charge < -0.3 is 9.30 Å². The van der Waals surface area contributed by atoms with Crippen molar-refractivity contribution in [2.75, 3.05) is 12.1 Å². The van der Waals surface area contributed by atoms with Gasteiger partial charge in [0.1, 0.15) is 17.8 Å². The van der Waals surface area contributed by atoms with Crippen LogP contribution in [0.25, 0.3) is 5.69 Å². The first kappa shape index (κ1) is 17.3. The summed E-state index contributed by atoms with van der Waals surface area (Å²) in [5, 5.41) is 1.68. The Balaban J connectivity index is 1.84. The molecule has 128 valence electrons. The van der Waals surface area contributed by atoms with Gasteiger partial charge in [0.25, 0.3) is 5.91 Å². The molecule has 0 aliphatic carbocycles. The second-order valence-corrected chi connectivity index (χ2v) is 5.98. The number of methoxy groups -OCH3 is 1. The van der Waals surface area contributed by atoms with Crippen molar-refractivity contribution in [1.29, 1.82) is 0 Å². The third kappa shape index (κ3) is 3.61. The molecule has 0 radical (unpaired) electrons. The average molecular weight is 377 g/mol. The van der Waals surface area contributed by atoms with E-state index in [-0.39, 0.29) is 10.7 Å². The number of imidazole rings is 1. The highest BCUT2D eigenvalue weighted by molar-refractivity contribution is 6.36. The van der Waals surface area contributed by atoms with Gasteiger partial charge in [0, 0.05) is 16.9 Å². The lowest BCUT2D eigenvalue weighted by Gasteiger charge is -2.16. The van der Waals surface area contributed by atoms with Gasteiger partial charge in [-0.3, -0.25) is 4.79 Å². The quantitative estimate of drug-likeness (QED) is 0.427. The van der Waals surface area contributed by atoms with Crippen molar-refractivity contribution >= 4 is 34.8 Å². The number of nitrogens with two attached hydrogens (primary N) is 1. The number of aromatic nitrogens is 2. The molecule has 8 heteroatoms. The van der Waals surface area contributed by atoms with Gasteiger partial charge >= 0.3 is 0 Å². The van der Waals surface area contributed by atoms with Crippen molar-refractivity contribution in [3.63, 3.8) is 0 Å². The third-order valence-electron chi connectivity index (χ3n) is 3.56. The summed E-state index contributed by atoms with van der Waals surface area (Å²) in [4.78, 5) is 16.7. The summed E-state index contributed by atoms with van der Waals surface area (Å²) in [6.45, 7) is 0. The number of nitrogens with zero attached hydrogens (tertiary/aromatic N) is 3. The van der Waals surface area contributed by atoms with Crippen LogP contribution in [0.4, 0.5) is 5.69 Å². The van der Waals surface area contributed by atoms with Crippen molar-refractivity contribution in [3.05, 3.63) is 70.7 Å². The number of hydrogen-bond acceptors (Lipinski definition) is 4. The van der Waals surface area contributed by atoms with E-state index in [4.69, 9.17) is 33.8 Å². The molecule has 0 bridgehead atoms. The average Bonchev–Trinajstić information content (AvgIpc) is 3.10. The first-order valence-corrected chi connectivity index (χ1v) is 7.98. The molecule has 1 aromatic heterocycles. The smallest absolute Gasteiger partial charge is 0.292 e. The largest absolute Gasteiger partial charge is 0.497 e. The van der Waals surface area contributed by atoms with Crippen LogP contribution < -0.4 is 15.6 Å². The fraction of sp³-hybridized carbons (Fsp3) is 0.0588. The number of halogens is 2. The predicted molar refractivity (Wildman–Crippen MR) is 97.6 cm³/mol. The Hall–Kier alpha value is -2.54. The maximum Gasteiger partial charge on any atom is 0.292 e. The minimum absolute atomic E-state index is 0.185. The molecule has 2 N–H and O–H groups in total. The highest BCUT2D eigenvalue weighted by atomic mass is 35.5. The van der Waals surface area contributed by atoms with Gasteiger partial charge in [-0.15, -0.1) is 0 Å². The maximum absolute atomic E-state index is 12.5. The van der Waals surface area contributed by atoms with Crippen LogP contribution in [0.15, 0.2) is 55.0 Å².